The molecule has 0 unspecified atom stereocenters. The molecule has 0 fully saturated rings. The number of hydrogen-bond donors (Lipinski definition) is 4. The van der Waals surface area contributed by atoms with Crippen LogP contribution in [0.25, 0.3) is 0 Å². The van der Waals surface area contributed by atoms with Gasteiger partial charge in [0.15, 0.2) is 5.96 Å². The molecule has 6 nitrogen and oxygen atoms in total. The van der Waals surface area contributed by atoms with Crippen molar-refractivity contribution in [3.8, 4) is 0 Å². The highest BCUT2D eigenvalue weighted by atomic mass is 127. The number of urea groups is 1. The zero-order chi connectivity index (χ0) is 22.9. The van der Waals surface area contributed by atoms with Gasteiger partial charge in [-0.2, -0.15) is 13.2 Å². The monoisotopic (exact) mass is 563 g/mol. The van der Waals surface area contributed by atoms with Crippen molar-refractivity contribution in [3.05, 3.63) is 65.2 Å². The summed E-state index contributed by atoms with van der Waals surface area (Å²) in [6.45, 7) is 4.83. The molecule has 4 N–H and O–H groups in total. The average Bonchev–Trinajstić information content (AvgIpc) is 2.70. The van der Waals surface area contributed by atoms with Crippen LogP contribution in [0.4, 0.5) is 23.7 Å². The summed E-state index contributed by atoms with van der Waals surface area (Å²) in [5.74, 6) is 0.588. The number of carbonyl (C=O) groups is 1. The third-order valence-corrected chi connectivity index (χ3v) is 4.30. The molecule has 0 atom stereocenters. The maximum atomic E-state index is 12.6. The highest BCUT2D eigenvalue weighted by Crippen LogP contribution is 2.29. The molecule has 0 bridgehead atoms. The van der Waals surface area contributed by atoms with E-state index in [0.29, 0.717) is 31.2 Å². The van der Waals surface area contributed by atoms with Crippen LogP contribution in [0.1, 0.15) is 30.5 Å². The van der Waals surface area contributed by atoms with E-state index in [0.717, 1.165) is 23.3 Å². The Morgan fingerprint density at radius 1 is 0.969 bits per heavy atom. The topological polar surface area (TPSA) is 77.6 Å². The van der Waals surface area contributed by atoms with Gasteiger partial charge in [-0.05, 0) is 55.7 Å². The van der Waals surface area contributed by atoms with Crippen LogP contribution >= 0.6 is 24.0 Å². The predicted octanol–water partition coefficient (Wildman–Crippen LogP) is 4.76. The lowest BCUT2D eigenvalue weighted by molar-refractivity contribution is -0.137. The first-order chi connectivity index (χ1) is 14.7. The molecule has 176 valence electrons. The summed E-state index contributed by atoms with van der Waals surface area (Å²) in [6.07, 6.45) is -3.75. The quantitative estimate of drug-likeness (QED) is 0.223. The van der Waals surface area contributed by atoms with E-state index in [2.05, 4.69) is 26.3 Å². The van der Waals surface area contributed by atoms with E-state index in [4.69, 9.17) is 0 Å². The molecular formula is C22H29F3IN5O. The molecule has 0 aliphatic rings. The minimum atomic E-state index is -4.32. The molecule has 0 aliphatic carbocycles. The summed E-state index contributed by atoms with van der Waals surface area (Å²) >= 11 is 0. The molecule has 0 aliphatic heterocycles. The first kappa shape index (κ1) is 27.5. The van der Waals surface area contributed by atoms with Crippen LogP contribution in [0.15, 0.2) is 53.5 Å². The molecule has 2 rings (SSSR count). The third kappa shape index (κ3) is 9.75. The molecule has 2 amide bonds. The molecular weight excluding hydrogens is 534 g/mol. The van der Waals surface area contributed by atoms with Crippen molar-refractivity contribution in [2.24, 2.45) is 4.99 Å². The number of halogens is 4. The Bertz CT molecular complexity index is 869. The number of amides is 2. The minimum absolute atomic E-state index is 0. The van der Waals surface area contributed by atoms with Gasteiger partial charge in [0.1, 0.15) is 0 Å². The summed E-state index contributed by atoms with van der Waals surface area (Å²) in [7, 11) is 1.65. The Balaban J connectivity index is 0.00000512. The number of benzene rings is 2. The van der Waals surface area contributed by atoms with E-state index in [1.54, 1.807) is 7.05 Å². The molecule has 0 saturated carbocycles. The van der Waals surface area contributed by atoms with Crippen molar-refractivity contribution in [2.45, 2.75) is 39.0 Å². The second-order valence-electron chi connectivity index (χ2n) is 7.25. The fraction of sp³-hybridized carbons (Fsp3) is 0.364. The second-order valence-corrected chi connectivity index (χ2v) is 7.25. The Morgan fingerprint density at radius 3 is 2.09 bits per heavy atom. The smallest absolute Gasteiger partial charge is 0.356 e. The summed E-state index contributed by atoms with van der Waals surface area (Å²) in [5.41, 5.74) is 1.85. The summed E-state index contributed by atoms with van der Waals surface area (Å²) in [6, 6.07) is 12.4. The van der Waals surface area contributed by atoms with Gasteiger partial charge in [0.25, 0.3) is 0 Å². The SMILES string of the molecule is CN=C(NCCc1ccc(C(F)(F)F)cc1)NCc1ccc(NC(=O)NC(C)C)cc1.I. The average molecular weight is 563 g/mol. The molecule has 0 spiro atoms. The van der Waals surface area contributed by atoms with Crippen LogP contribution in [0.2, 0.25) is 0 Å². The van der Waals surface area contributed by atoms with Crippen molar-refractivity contribution >= 4 is 41.7 Å². The van der Waals surface area contributed by atoms with E-state index in [1.165, 1.54) is 12.1 Å². The van der Waals surface area contributed by atoms with Gasteiger partial charge in [-0.25, -0.2) is 4.79 Å². The molecule has 0 aromatic heterocycles. The molecule has 0 radical (unpaired) electrons. The van der Waals surface area contributed by atoms with Crippen LogP contribution in [-0.4, -0.2) is 31.6 Å². The molecule has 10 heteroatoms. The van der Waals surface area contributed by atoms with Crippen molar-refractivity contribution in [1.29, 1.82) is 0 Å². The van der Waals surface area contributed by atoms with E-state index in [1.807, 2.05) is 38.1 Å². The number of nitrogens with zero attached hydrogens (tertiary/aromatic N) is 1. The van der Waals surface area contributed by atoms with Crippen molar-refractivity contribution in [3.63, 3.8) is 0 Å². The lowest BCUT2D eigenvalue weighted by Gasteiger charge is -2.13. The number of anilines is 1. The van der Waals surface area contributed by atoms with Crippen molar-refractivity contribution in [1.82, 2.24) is 16.0 Å². The van der Waals surface area contributed by atoms with E-state index in [-0.39, 0.29) is 36.0 Å². The predicted molar refractivity (Wildman–Crippen MR) is 132 cm³/mol. The Labute approximate surface area is 203 Å². The van der Waals surface area contributed by atoms with Crippen LogP contribution in [0.5, 0.6) is 0 Å². The second kappa shape index (κ2) is 13.1. The van der Waals surface area contributed by atoms with Gasteiger partial charge in [0.2, 0.25) is 0 Å². The Hall–Kier alpha value is -2.50. The minimum Gasteiger partial charge on any atom is -0.356 e. The summed E-state index contributed by atoms with van der Waals surface area (Å²) in [4.78, 5) is 15.9. The van der Waals surface area contributed by atoms with Crippen LogP contribution in [-0.2, 0) is 19.1 Å². The Kier molecular flexibility index (Phi) is 11.3. The first-order valence-electron chi connectivity index (χ1n) is 9.94. The number of alkyl halides is 3. The lowest BCUT2D eigenvalue weighted by Crippen LogP contribution is -2.37. The normalized spacial score (nSPS) is 11.5. The Morgan fingerprint density at radius 2 is 1.56 bits per heavy atom. The summed E-state index contributed by atoms with van der Waals surface area (Å²) in [5, 5.41) is 11.8. The van der Waals surface area contributed by atoms with Gasteiger partial charge in [-0.1, -0.05) is 24.3 Å². The fourth-order valence-corrected chi connectivity index (χ4v) is 2.73. The summed E-state index contributed by atoms with van der Waals surface area (Å²) < 4.78 is 37.8. The van der Waals surface area contributed by atoms with Gasteiger partial charge in [0, 0.05) is 31.9 Å². The van der Waals surface area contributed by atoms with Gasteiger partial charge < -0.3 is 21.3 Å². The number of aliphatic imine (C=N–C) groups is 1. The molecule has 2 aromatic rings. The van der Waals surface area contributed by atoms with Gasteiger partial charge >= 0.3 is 12.2 Å². The zero-order valence-corrected chi connectivity index (χ0v) is 20.5. The number of carbonyl (C=O) groups excluding carboxylic acids is 1. The highest BCUT2D eigenvalue weighted by molar-refractivity contribution is 14.0. The largest absolute Gasteiger partial charge is 0.416 e. The van der Waals surface area contributed by atoms with Crippen LogP contribution < -0.4 is 21.3 Å². The van der Waals surface area contributed by atoms with Gasteiger partial charge in [-0.3, -0.25) is 4.99 Å². The van der Waals surface area contributed by atoms with E-state index >= 15 is 0 Å². The number of guanidine groups is 1. The van der Waals surface area contributed by atoms with E-state index < -0.39 is 11.7 Å². The van der Waals surface area contributed by atoms with Gasteiger partial charge in [0.05, 0.1) is 5.56 Å². The zero-order valence-electron chi connectivity index (χ0n) is 18.2. The lowest BCUT2D eigenvalue weighted by atomic mass is 10.1. The van der Waals surface area contributed by atoms with Crippen LogP contribution in [0.3, 0.4) is 0 Å². The van der Waals surface area contributed by atoms with Crippen LogP contribution in [0, 0.1) is 0 Å². The molecule has 2 aromatic carbocycles. The molecule has 0 saturated heterocycles. The van der Waals surface area contributed by atoms with E-state index in [9.17, 15) is 18.0 Å². The maximum Gasteiger partial charge on any atom is 0.416 e. The molecule has 32 heavy (non-hydrogen) atoms. The number of rotatable bonds is 7. The van der Waals surface area contributed by atoms with Crippen molar-refractivity contribution < 1.29 is 18.0 Å². The fourth-order valence-electron chi connectivity index (χ4n) is 2.73. The highest BCUT2D eigenvalue weighted by Gasteiger charge is 2.29. The number of hydrogen-bond acceptors (Lipinski definition) is 2. The van der Waals surface area contributed by atoms with Gasteiger partial charge in [-0.15, -0.1) is 24.0 Å². The van der Waals surface area contributed by atoms with Crippen molar-refractivity contribution in [2.75, 3.05) is 18.9 Å². The third-order valence-electron chi connectivity index (χ3n) is 4.30. The standard InChI is InChI=1S/C22H28F3N5O.HI/c1-15(2)29-21(31)30-19-10-6-17(7-11-19)14-28-20(26-3)27-13-12-16-4-8-18(9-5-16)22(23,24)25;/h4-11,15H,12-14H2,1-3H3,(H2,26,27,28)(H2,29,30,31);1H. The maximum absolute atomic E-state index is 12.6. The number of nitrogens with one attached hydrogen (secondary N) is 4. The first-order valence-corrected chi connectivity index (χ1v) is 9.94. The molecule has 0 heterocycles.